The van der Waals surface area contributed by atoms with Crippen molar-refractivity contribution in [3.63, 3.8) is 0 Å². The molecule has 2 saturated heterocycles. The van der Waals surface area contributed by atoms with Gasteiger partial charge in [0.15, 0.2) is 6.36 Å². The van der Waals surface area contributed by atoms with E-state index >= 15 is 0 Å². The Kier molecular flexibility index (Phi) is 24.7. The molecule has 107 heavy (non-hydrogen) atoms. The molecule has 2 amide bonds. The van der Waals surface area contributed by atoms with Gasteiger partial charge < -0.3 is 60.0 Å². The number of aromatic nitrogens is 13. The van der Waals surface area contributed by atoms with Crippen molar-refractivity contribution < 1.29 is 57.0 Å². The summed E-state index contributed by atoms with van der Waals surface area (Å²) >= 11 is 0. The van der Waals surface area contributed by atoms with Crippen LogP contribution in [0.1, 0.15) is 182 Å². The Morgan fingerprint density at radius 2 is 1.10 bits per heavy atom. The summed E-state index contributed by atoms with van der Waals surface area (Å²) in [5.41, 5.74) is 11.5. The van der Waals surface area contributed by atoms with E-state index in [0.29, 0.717) is 75.0 Å². The Balaban J connectivity index is 0.000000142. The van der Waals surface area contributed by atoms with Crippen molar-refractivity contribution in [1.82, 2.24) is 73.8 Å². The largest absolute Gasteiger partial charge is 0.393 e. The summed E-state index contributed by atoms with van der Waals surface area (Å²) in [6, 6.07) is 13.9. The third kappa shape index (κ3) is 18.2. The lowest BCUT2D eigenvalue weighted by Crippen LogP contribution is -2.40. The number of pyridine rings is 2. The standard InChI is InChI=1S/C27H36FN5O3.C27H37N7O3.C23H28F2N6O3/c1-18(17-36-19(2)28)13-26-30-16-25-23(15-24(33(25)31-26)20-3-5-22(34)6-4-20)21-7-8-29-27(14-21)32-9-11-35-12-10-32;1-18(17-37-2)30-26-28-15-24-22(13-23(34(24)31-26)19-5-7-21(35)8-6-19)20-14-29-33(16-20)27(9-10-27)25(36)32-11-3-4-12-32;1-13(12-34-22(24)25)29-23-28-11-20-17(15-7-8-27-18(9-15)21(33)26-2)10-19(31(20)30-23)14-3-5-16(32)6-4-14/h7-8,14-16,18-20,22,34H,3-6,9-13,17H2,1-2H3;13-16,18-19,21,35H,3-12,17H2,1-2H3,(H,30,31);7-11,13-14,16,22,32H,3-6,12H2,1-2H3,(H,26,33)(H,29,30)/t18-,19?,20?,22?;18-,19?,21?;13-,14?,16?/m100/s1. The fourth-order valence-corrected chi connectivity index (χ4v) is 15.6. The van der Waals surface area contributed by atoms with Gasteiger partial charge in [-0.3, -0.25) is 19.3 Å². The SMILES string of the molecule is CC(F)OC[C@H](C)Cc1ncc2c(-c3ccnc(N4CCOCC4)c3)cc(C3CCC(O)CC3)n2n1.CNC(=O)c1cc(-c2cc(C3CCC(O)CC3)n3nc(N[C@@H](C)COC(F)F)ncc23)ccn1.COC[C@H](C)Nc1ncc2c(-c3cnn(C4(C(=O)N5CCCC5)CC4)c3)cc(C3CCC(O)CC3)n2n1. The molecule has 6 N–H and O–H groups in total. The molecule has 574 valence electrons. The van der Waals surface area contributed by atoms with Gasteiger partial charge in [0.2, 0.25) is 11.9 Å². The molecule has 11 heterocycles. The minimum absolute atomic E-state index is 0.0758. The Bertz CT molecular complexity index is 4450. The van der Waals surface area contributed by atoms with Crippen LogP contribution in [-0.2, 0) is 35.7 Å². The molecule has 15 rings (SSSR count). The van der Waals surface area contributed by atoms with Gasteiger partial charge in [-0.15, -0.1) is 10.2 Å². The van der Waals surface area contributed by atoms with E-state index in [1.807, 2.05) is 86.2 Å². The van der Waals surface area contributed by atoms with Crippen LogP contribution in [0.25, 0.3) is 49.9 Å². The minimum Gasteiger partial charge on any atom is -0.393 e. The number of hydrogen-bond donors (Lipinski definition) is 6. The number of carbonyl (C=O) groups is 2. The molecule has 0 aromatic carbocycles. The minimum atomic E-state index is -2.84. The van der Waals surface area contributed by atoms with Gasteiger partial charge in [-0.1, -0.05) is 6.92 Å². The van der Waals surface area contributed by atoms with Crippen LogP contribution in [0.5, 0.6) is 0 Å². The maximum atomic E-state index is 13.3. The molecular formula is C77H101F3N18O9. The lowest BCUT2D eigenvalue weighted by molar-refractivity contribution is -0.135. The zero-order valence-corrected chi connectivity index (χ0v) is 62.0. The van der Waals surface area contributed by atoms with Crippen LogP contribution < -0.4 is 20.9 Å². The number of morpholine rings is 1. The van der Waals surface area contributed by atoms with Crippen LogP contribution in [-0.4, -0.2) is 212 Å². The topological polar surface area (TPSA) is 308 Å². The number of alkyl halides is 3. The number of anilines is 3. The molecule has 9 aromatic heterocycles. The first-order chi connectivity index (χ1) is 51.8. The van der Waals surface area contributed by atoms with Gasteiger partial charge in [-0.05, 0) is 183 Å². The molecular weight excluding hydrogens is 1380 g/mol. The van der Waals surface area contributed by atoms with E-state index in [1.165, 1.54) is 6.92 Å². The predicted octanol–water partition coefficient (Wildman–Crippen LogP) is 10.5. The second-order valence-electron chi connectivity index (χ2n) is 29.7. The highest BCUT2D eigenvalue weighted by atomic mass is 19.3. The highest BCUT2D eigenvalue weighted by Gasteiger charge is 2.55. The van der Waals surface area contributed by atoms with Crippen LogP contribution >= 0.6 is 0 Å². The Morgan fingerprint density at radius 3 is 1.62 bits per heavy atom. The number of methoxy groups -OCH3 is 1. The van der Waals surface area contributed by atoms with Gasteiger partial charge in [0, 0.05) is 135 Å². The van der Waals surface area contributed by atoms with E-state index in [-0.39, 0.29) is 60.6 Å². The maximum absolute atomic E-state index is 13.3. The fourth-order valence-electron chi connectivity index (χ4n) is 15.6. The average Bonchev–Trinajstić information content (AvgIpc) is 1.56. The number of aliphatic hydroxyl groups excluding tert-OH is 3. The quantitative estimate of drug-likeness (QED) is 0.0327. The smallest absolute Gasteiger partial charge is 0.345 e. The van der Waals surface area contributed by atoms with Gasteiger partial charge >= 0.3 is 6.61 Å². The zero-order valence-electron chi connectivity index (χ0n) is 62.0. The molecule has 27 nitrogen and oxygen atoms in total. The van der Waals surface area contributed by atoms with E-state index in [4.69, 9.17) is 29.5 Å². The first kappa shape index (κ1) is 76.4. The molecule has 0 spiro atoms. The number of carbonyl (C=O) groups excluding carboxylic acids is 2. The summed E-state index contributed by atoms with van der Waals surface area (Å²) in [5, 5.41) is 58.2. The molecule has 30 heteroatoms. The predicted molar refractivity (Wildman–Crippen MR) is 397 cm³/mol. The van der Waals surface area contributed by atoms with Gasteiger partial charge in [0.05, 0.1) is 92.7 Å². The maximum Gasteiger partial charge on any atom is 0.345 e. The molecule has 4 aliphatic carbocycles. The van der Waals surface area contributed by atoms with E-state index in [2.05, 4.69) is 73.8 Å². The van der Waals surface area contributed by atoms with E-state index in [9.17, 15) is 38.1 Å². The number of amides is 2. The van der Waals surface area contributed by atoms with Crippen molar-refractivity contribution in [2.45, 2.75) is 204 Å². The summed E-state index contributed by atoms with van der Waals surface area (Å²) in [6.07, 6.45) is 25.2. The molecule has 4 saturated carbocycles. The van der Waals surface area contributed by atoms with Crippen LogP contribution in [0, 0.1) is 5.92 Å². The molecule has 0 bridgehead atoms. The van der Waals surface area contributed by atoms with E-state index in [0.717, 1.165) is 189 Å². The van der Waals surface area contributed by atoms with Crippen LogP contribution in [0.2, 0.25) is 0 Å². The molecule has 6 aliphatic rings. The van der Waals surface area contributed by atoms with Gasteiger partial charge in [0.1, 0.15) is 22.9 Å². The summed E-state index contributed by atoms with van der Waals surface area (Å²) in [5.74, 6) is 3.36. The van der Waals surface area contributed by atoms with Crippen molar-refractivity contribution >= 4 is 46.1 Å². The number of nitrogens with zero attached hydrogens (tertiary/aromatic N) is 15. The number of likely N-dealkylation sites (tertiary alicyclic amines) is 1. The zero-order chi connectivity index (χ0) is 74.9. The number of halogens is 3. The van der Waals surface area contributed by atoms with Crippen molar-refractivity contribution in [2.75, 3.05) is 88.9 Å². The summed E-state index contributed by atoms with van der Waals surface area (Å²) in [4.78, 5) is 52.1. The Hall–Kier alpha value is -8.78. The summed E-state index contributed by atoms with van der Waals surface area (Å²) in [6.45, 7) is 9.80. The Labute approximate surface area is 620 Å². The summed E-state index contributed by atoms with van der Waals surface area (Å²) in [7, 11) is 3.23. The lowest BCUT2D eigenvalue weighted by atomic mass is 9.85. The van der Waals surface area contributed by atoms with Crippen LogP contribution in [0.15, 0.2) is 85.8 Å². The lowest BCUT2D eigenvalue weighted by Gasteiger charge is -2.28. The molecule has 6 fully saturated rings. The van der Waals surface area contributed by atoms with Gasteiger partial charge in [0.25, 0.3) is 11.8 Å². The number of nitrogens with one attached hydrogen (secondary N) is 3. The average molecular weight is 1480 g/mol. The highest BCUT2D eigenvalue weighted by molar-refractivity contribution is 5.94. The van der Waals surface area contributed by atoms with Crippen LogP contribution in [0.4, 0.5) is 30.9 Å². The second kappa shape index (κ2) is 34.6. The molecule has 1 unspecified atom stereocenters. The van der Waals surface area contributed by atoms with E-state index < -0.39 is 24.6 Å². The first-order valence-electron chi connectivity index (χ1n) is 38.0. The molecule has 0 radical (unpaired) electrons. The second-order valence-corrected chi connectivity index (χ2v) is 29.7. The monoisotopic (exact) mass is 1480 g/mol. The number of ether oxygens (including phenoxy) is 4. The molecule has 2 aliphatic heterocycles. The van der Waals surface area contributed by atoms with Crippen molar-refractivity contribution in [3.05, 3.63) is 114 Å². The number of fused-ring (bicyclic) bond motifs is 3. The van der Waals surface area contributed by atoms with Crippen molar-refractivity contribution in [1.29, 1.82) is 0 Å². The summed E-state index contributed by atoms with van der Waals surface area (Å²) < 4.78 is 65.9. The normalized spacial score (nSPS) is 22.0. The van der Waals surface area contributed by atoms with Crippen molar-refractivity contribution in [2.24, 2.45) is 5.92 Å². The molecule has 4 atom stereocenters. The number of aliphatic hydroxyl groups is 3. The van der Waals surface area contributed by atoms with E-state index in [1.54, 1.807) is 39.5 Å². The van der Waals surface area contributed by atoms with Gasteiger partial charge in [-0.25, -0.2) is 37.9 Å². The highest BCUT2D eigenvalue weighted by Crippen LogP contribution is 2.47. The third-order valence-electron chi connectivity index (χ3n) is 21.6. The number of rotatable bonds is 24. The first-order valence-corrected chi connectivity index (χ1v) is 38.0. The van der Waals surface area contributed by atoms with Gasteiger partial charge in [-0.2, -0.15) is 19.0 Å². The molecule has 9 aromatic rings. The Morgan fingerprint density at radius 1 is 0.598 bits per heavy atom. The van der Waals surface area contributed by atoms with Crippen LogP contribution in [0.3, 0.4) is 0 Å². The fraction of sp³-hybridized carbons (Fsp3) is 0.571. The third-order valence-corrected chi connectivity index (χ3v) is 21.6. The van der Waals surface area contributed by atoms with Crippen molar-refractivity contribution in [3.8, 4) is 33.4 Å². The number of hydrogen-bond acceptors (Lipinski definition) is 21.